The molecule has 0 saturated carbocycles. The molecule has 38 heavy (non-hydrogen) atoms. The van der Waals surface area contributed by atoms with Crippen LogP contribution in [0.4, 0.5) is 5.69 Å². The number of aliphatic hydroxyl groups is 1. The van der Waals surface area contributed by atoms with Gasteiger partial charge in [-0.25, -0.2) is 13.1 Å². The maximum absolute atomic E-state index is 13.0. The number of sulfonamides is 1. The van der Waals surface area contributed by atoms with E-state index in [0.29, 0.717) is 35.0 Å². The summed E-state index contributed by atoms with van der Waals surface area (Å²) in [5.41, 5.74) is -0.0392. The molecule has 0 aliphatic heterocycles. The first kappa shape index (κ1) is 27.3. The number of β-amino-alcohol motifs (C(OH)–C–C–N with tert-alkyl or cyclic N) is 1. The van der Waals surface area contributed by atoms with E-state index in [0.717, 1.165) is 0 Å². The van der Waals surface area contributed by atoms with Crippen molar-refractivity contribution < 1.29 is 13.5 Å². The lowest BCUT2D eigenvalue weighted by Crippen LogP contribution is -2.44. The molecule has 0 fully saturated rings. The molecule has 1 heterocycles. The fraction of sp³-hybridized carbons (Fsp3) is 0.286. The SMILES string of the molecule is Cn1c(=O)c2ccccc2c(=O)n1CCC(C)(C)NCC(O)c1cccc(NS(=O)(=O)c2ccccc2)c1. The number of nitrogens with zero attached hydrogens (tertiary/aromatic N) is 2. The lowest BCUT2D eigenvalue weighted by molar-refractivity contribution is 0.157. The predicted octanol–water partition coefficient (Wildman–Crippen LogP) is 2.99. The van der Waals surface area contributed by atoms with Gasteiger partial charge in [0.25, 0.3) is 21.1 Å². The predicted molar refractivity (Wildman–Crippen MR) is 149 cm³/mol. The number of hydrogen-bond donors (Lipinski definition) is 3. The summed E-state index contributed by atoms with van der Waals surface area (Å²) < 4.78 is 30.6. The van der Waals surface area contributed by atoms with Crippen LogP contribution in [0.25, 0.3) is 10.8 Å². The van der Waals surface area contributed by atoms with Gasteiger partial charge in [-0.3, -0.25) is 19.0 Å². The molecule has 0 saturated heterocycles. The van der Waals surface area contributed by atoms with Crippen molar-refractivity contribution in [3.05, 3.63) is 105 Å². The van der Waals surface area contributed by atoms with Crippen molar-refractivity contribution in [1.82, 2.24) is 14.7 Å². The maximum atomic E-state index is 13.0. The molecule has 1 atom stereocenters. The zero-order valence-corrected chi connectivity index (χ0v) is 22.4. The summed E-state index contributed by atoms with van der Waals surface area (Å²) in [6, 6.07) is 21.5. The number of anilines is 1. The smallest absolute Gasteiger partial charge is 0.273 e. The van der Waals surface area contributed by atoms with Crippen LogP contribution in [-0.4, -0.2) is 35.0 Å². The van der Waals surface area contributed by atoms with E-state index in [1.54, 1.807) is 73.8 Å². The number of benzene rings is 3. The fourth-order valence-electron chi connectivity index (χ4n) is 4.25. The Morgan fingerprint density at radius 1 is 0.895 bits per heavy atom. The molecular weight excluding hydrogens is 504 g/mol. The van der Waals surface area contributed by atoms with E-state index in [1.165, 1.54) is 21.5 Å². The lowest BCUT2D eigenvalue weighted by atomic mass is 9.99. The molecule has 4 aromatic rings. The Bertz CT molecular complexity index is 1660. The Morgan fingerprint density at radius 2 is 1.53 bits per heavy atom. The van der Waals surface area contributed by atoms with Crippen LogP contribution in [0.3, 0.4) is 0 Å². The second-order valence-corrected chi connectivity index (χ2v) is 11.6. The summed E-state index contributed by atoms with van der Waals surface area (Å²) in [7, 11) is -2.17. The molecule has 10 heteroatoms. The number of nitrogens with one attached hydrogen (secondary N) is 2. The van der Waals surface area contributed by atoms with Crippen molar-refractivity contribution in [2.24, 2.45) is 7.05 Å². The van der Waals surface area contributed by atoms with Gasteiger partial charge in [0.05, 0.1) is 21.8 Å². The van der Waals surface area contributed by atoms with Gasteiger partial charge in [-0.05, 0) is 62.2 Å². The Labute approximate surface area is 221 Å². The third-order valence-corrected chi connectivity index (χ3v) is 7.98. The molecule has 0 radical (unpaired) electrons. The Hall–Kier alpha value is -3.73. The number of fused-ring (bicyclic) bond motifs is 1. The van der Waals surface area contributed by atoms with E-state index in [1.807, 2.05) is 13.8 Å². The molecule has 3 aromatic carbocycles. The van der Waals surface area contributed by atoms with Crippen LogP contribution in [0.2, 0.25) is 0 Å². The third kappa shape index (κ3) is 6.04. The van der Waals surface area contributed by atoms with Crippen molar-refractivity contribution in [1.29, 1.82) is 0 Å². The van der Waals surface area contributed by atoms with Crippen LogP contribution in [0.5, 0.6) is 0 Å². The van der Waals surface area contributed by atoms with Crippen molar-refractivity contribution >= 4 is 26.5 Å². The van der Waals surface area contributed by atoms with Crippen LogP contribution in [-0.2, 0) is 23.6 Å². The molecule has 1 unspecified atom stereocenters. The Balaban J connectivity index is 1.41. The summed E-state index contributed by atoms with van der Waals surface area (Å²) in [5.74, 6) is 0. The van der Waals surface area contributed by atoms with Crippen LogP contribution in [0.15, 0.2) is 93.3 Å². The first-order chi connectivity index (χ1) is 18.0. The first-order valence-electron chi connectivity index (χ1n) is 12.3. The number of aliphatic hydroxyl groups excluding tert-OH is 1. The second-order valence-electron chi connectivity index (χ2n) is 9.88. The molecule has 4 rings (SSSR count). The summed E-state index contributed by atoms with van der Waals surface area (Å²) in [6.07, 6.45) is -0.384. The van der Waals surface area contributed by atoms with Crippen molar-refractivity contribution in [3.8, 4) is 0 Å². The van der Waals surface area contributed by atoms with E-state index in [9.17, 15) is 23.1 Å². The monoisotopic (exact) mass is 536 g/mol. The molecule has 0 aliphatic rings. The summed E-state index contributed by atoms with van der Waals surface area (Å²) in [5, 5.41) is 14.9. The van der Waals surface area contributed by atoms with Crippen LogP contribution in [0.1, 0.15) is 31.9 Å². The largest absolute Gasteiger partial charge is 0.387 e. The molecule has 200 valence electrons. The number of rotatable bonds is 10. The highest BCUT2D eigenvalue weighted by molar-refractivity contribution is 7.92. The van der Waals surface area contributed by atoms with Crippen molar-refractivity contribution in [2.75, 3.05) is 11.3 Å². The van der Waals surface area contributed by atoms with Crippen LogP contribution in [0, 0.1) is 0 Å². The maximum Gasteiger partial charge on any atom is 0.273 e. The van der Waals surface area contributed by atoms with Gasteiger partial charge in [0, 0.05) is 31.4 Å². The summed E-state index contributed by atoms with van der Waals surface area (Å²) in [4.78, 5) is 25.8. The van der Waals surface area contributed by atoms with Gasteiger partial charge in [0.2, 0.25) is 0 Å². The van der Waals surface area contributed by atoms with E-state index < -0.39 is 21.7 Å². The van der Waals surface area contributed by atoms with Gasteiger partial charge in [-0.2, -0.15) is 0 Å². The second kappa shape index (κ2) is 10.9. The molecule has 0 amide bonds. The highest BCUT2D eigenvalue weighted by Crippen LogP contribution is 2.21. The van der Waals surface area contributed by atoms with E-state index in [4.69, 9.17) is 0 Å². The minimum atomic E-state index is -3.75. The first-order valence-corrected chi connectivity index (χ1v) is 13.8. The summed E-state index contributed by atoms with van der Waals surface area (Å²) >= 11 is 0. The zero-order chi connectivity index (χ0) is 27.5. The van der Waals surface area contributed by atoms with E-state index in [-0.39, 0.29) is 22.6 Å². The van der Waals surface area contributed by atoms with E-state index in [2.05, 4.69) is 10.0 Å². The fourth-order valence-corrected chi connectivity index (χ4v) is 5.33. The minimum absolute atomic E-state index is 0.150. The van der Waals surface area contributed by atoms with Gasteiger partial charge in [0.15, 0.2) is 0 Å². The topological polar surface area (TPSA) is 122 Å². The van der Waals surface area contributed by atoms with Gasteiger partial charge in [0.1, 0.15) is 0 Å². The molecular formula is C28H32N4O5S. The highest BCUT2D eigenvalue weighted by atomic mass is 32.2. The lowest BCUT2D eigenvalue weighted by Gasteiger charge is -2.29. The van der Waals surface area contributed by atoms with Gasteiger partial charge >= 0.3 is 0 Å². The Kier molecular flexibility index (Phi) is 7.86. The zero-order valence-electron chi connectivity index (χ0n) is 21.6. The molecule has 0 aliphatic carbocycles. The van der Waals surface area contributed by atoms with Crippen LogP contribution >= 0.6 is 0 Å². The normalized spacial score (nSPS) is 12.9. The molecule has 0 spiro atoms. The Morgan fingerprint density at radius 3 is 2.21 bits per heavy atom. The quantitative estimate of drug-likeness (QED) is 0.286. The van der Waals surface area contributed by atoms with E-state index >= 15 is 0 Å². The van der Waals surface area contributed by atoms with Gasteiger partial charge < -0.3 is 10.4 Å². The van der Waals surface area contributed by atoms with Crippen molar-refractivity contribution in [3.63, 3.8) is 0 Å². The van der Waals surface area contributed by atoms with Gasteiger partial charge in [-0.15, -0.1) is 0 Å². The molecule has 0 bridgehead atoms. The minimum Gasteiger partial charge on any atom is -0.387 e. The number of hydrogen-bond acceptors (Lipinski definition) is 6. The average Bonchev–Trinajstić information content (AvgIpc) is 2.91. The standard InChI is InChI=1S/C28H32N4O5S/c1-28(2,16-17-32-27(35)24-15-8-7-14-23(24)26(34)31(32)3)29-19-25(33)20-10-9-11-21(18-20)30-38(36,37)22-12-5-4-6-13-22/h4-15,18,25,29-30,33H,16-17,19H2,1-3H3. The van der Waals surface area contributed by atoms with Crippen LogP contribution < -0.4 is 21.2 Å². The van der Waals surface area contributed by atoms with Gasteiger partial charge in [-0.1, -0.05) is 42.5 Å². The molecule has 9 nitrogen and oxygen atoms in total. The molecule has 1 aromatic heterocycles. The highest BCUT2D eigenvalue weighted by Gasteiger charge is 2.21. The third-order valence-electron chi connectivity index (χ3n) is 6.58. The molecule has 3 N–H and O–H groups in total. The summed E-state index contributed by atoms with van der Waals surface area (Å²) in [6.45, 7) is 4.42. The van der Waals surface area contributed by atoms with Crippen molar-refractivity contribution in [2.45, 2.75) is 43.4 Å². The average molecular weight is 537 g/mol. The number of aromatic nitrogens is 2.